The number of ether oxygens (including phenoxy) is 2. The lowest BCUT2D eigenvalue weighted by Crippen LogP contribution is -2.41. The number of fused-ring (bicyclic) bond motifs is 1. The van der Waals surface area contributed by atoms with Crippen LogP contribution in [0.2, 0.25) is 0 Å². The average molecular weight is 558 g/mol. The number of morpholine rings is 1. The number of aromatic nitrogens is 4. The van der Waals surface area contributed by atoms with E-state index in [4.69, 9.17) is 9.47 Å². The number of amides is 1. The number of anilines is 3. The van der Waals surface area contributed by atoms with Gasteiger partial charge in [0, 0.05) is 50.7 Å². The number of aromatic amines is 1. The first-order valence-corrected chi connectivity index (χ1v) is 13.8. The zero-order chi connectivity index (χ0) is 28.3. The second kappa shape index (κ2) is 11.5. The third-order valence-corrected chi connectivity index (χ3v) is 7.63. The molecular formula is C30H32FN7O3. The average Bonchev–Trinajstić information content (AvgIpc) is 3.44. The maximum absolute atomic E-state index is 15.3. The molecule has 1 amide bonds. The number of benzene rings is 1. The molecule has 5 heterocycles. The van der Waals surface area contributed by atoms with E-state index in [1.807, 2.05) is 24.1 Å². The number of carbonyl (C=O) groups excluding carboxylic acids is 1. The Bertz CT molecular complexity index is 1570. The van der Waals surface area contributed by atoms with Crippen molar-refractivity contribution in [2.45, 2.75) is 31.8 Å². The Morgan fingerprint density at radius 1 is 1.17 bits per heavy atom. The third-order valence-electron chi connectivity index (χ3n) is 7.63. The van der Waals surface area contributed by atoms with Gasteiger partial charge in [-0.05, 0) is 55.5 Å². The first kappa shape index (κ1) is 26.7. The van der Waals surface area contributed by atoms with Crippen LogP contribution in [0.15, 0.2) is 61.7 Å². The highest BCUT2D eigenvalue weighted by molar-refractivity contribution is 5.92. The van der Waals surface area contributed by atoms with Crippen LogP contribution >= 0.6 is 0 Å². The molecule has 3 aromatic heterocycles. The van der Waals surface area contributed by atoms with Crippen molar-refractivity contribution in [1.82, 2.24) is 24.8 Å². The molecule has 41 heavy (non-hydrogen) atoms. The predicted octanol–water partition coefficient (Wildman–Crippen LogP) is 5.15. The second-order valence-corrected chi connectivity index (χ2v) is 10.3. The maximum atomic E-state index is 15.3. The van der Waals surface area contributed by atoms with Gasteiger partial charge in [-0.3, -0.25) is 4.79 Å². The first-order valence-electron chi connectivity index (χ1n) is 13.8. The van der Waals surface area contributed by atoms with Crippen LogP contribution in [-0.2, 0) is 9.53 Å². The zero-order valence-corrected chi connectivity index (χ0v) is 22.8. The molecule has 10 nitrogen and oxygen atoms in total. The van der Waals surface area contributed by atoms with Crippen molar-refractivity contribution in [2.24, 2.45) is 0 Å². The van der Waals surface area contributed by atoms with Crippen LogP contribution in [0.5, 0.6) is 11.5 Å². The highest BCUT2D eigenvalue weighted by Gasteiger charge is 2.26. The van der Waals surface area contributed by atoms with Crippen molar-refractivity contribution in [1.29, 1.82) is 0 Å². The van der Waals surface area contributed by atoms with E-state index >= 15 is 4.39 Å². The number of carbonyl (C=O) groups is 1. The molecule has 11 heteroatoms. The van der Waals surface area contributed by atoms with Crippen LogP contribution < -0.4 is 15.0 Å². The van der Waals surface area contributed by atoms with E-state index < -0.39 is 5.82 Å². The van der Waals surface area contributed by atoms with Gasteiger partial charge in [0.2, 0.25) is 5.91 Å². The van der Waals surface area contributed by atoms with Crippen LogP contribution in [0, 0.1) is 5.82 Å². The number of nitrogens with zero attached hydrogens (tertiary/aromatic N) is 5. The lowest BCUT2D eigenvalue weighted by atomic mass is 9.89. The Labute approximate surface area is 237 Å². The van der Waals surface area contributed by atoms with E-state index in [0.29, 0.717) is 42.7 Å². The summed E-state index contributed by atoms with van der Waals surface area (Å²) in [7, 11) is 0. The molecule has 1 aromatic carbocycles. The highest BCUT2D eigenvalue weighted by Crippen LogP contribution is 2.37. The Morgan fingerprint density at radius 2 is 2.00 bits per heavy atom. The standard InChI is InChI=1S/C30H32FN7O3/c1-3-27(39)37-10-7-20(8-11-37)23-16-33-29-28(23)30(35-18-34-29)36-25-5-4-21(14-24(25)31)41-22-6-9-32-26(15-22)38-12-13-40-19(2)17-38/h3-6,9,14-16,18-20H,1,7-8,10-13,17H2,2H3,(H2,33,34,35,36)/t19-/m1/s1. The van der Waals surface area contributed by atoms with Gasteiger partial charge < -0.3 is 29.6 Å². The largest absolute Gasteiger partial charge is 0.457 e. The van der Waals surface area contributed by atoms with Crippen molar-refractivity contribution in [2.75, 3.05) is 43.0 Å². The van der Waals surface area contributed by atoms with Gasteiger partial charge >= 0.3 is 0 Å². The number of nitrogens with one attached hydrogen (secondary N) is 2. The van der Waals surface area contributed by atoms with Gasteiger partial charge in [-0.15, -0.1) is 0 Å². The highest BCUT2D eigenvalue weighted by atomic mass is 19.1. The maximum Gasteiger partial charge on any atom is 0.245 e. The van der Waals surface area contributed by atoms with Gasteiger partial charge in [0.05, 0.1) is 23.8 Å². The molecule has 212 valence electrons. The van der Waals surface area contributed by atoms with Gasteiger partial charge in [-0.25, -0.2) is 19.3 Å². The van der Waals surface area contributed by atoms with Crippen LogP contribution in [-0.4, -0.2) is 69.6 Å². The van der Waals surface area contributed by atoms with E-state index in [-0.39, 0.29) is 23.6 Å². The lowest BCUT2D eigenvalue weighted by molar-refractivity contribution is -0.127. The number of halogens is 1. The lowest BCUT2D eigenvalue weighted by Gasteiger charge is -2.32. The molecule has 0 saturated carbocycles. The van der Waals surface area contributed by atoms with E-state index in [0.717, 1.165) is 42.7 Å². The van der Waals surface area contributed by atoms with Crippen molar-refractivity contribution in [3.05, 3.63) is 73.1 Å². The molecule has 0 radical (unpaired) electrons. The number of hydrogen-bond donors (Lipinski definition) is 2. The summed E-state index contributed by atoms with van der Waals surface area (Å²) in [6, 6.07) is 8.30. The summed E-state index contributed by atoms with van der Waals surface area (Å²) < 4.78 is 26.9. The zero-order valence-electron chi connectivity index (χ0n) is 22.8. The van der Waals surface area contributed by atoms with Crippen molar-refractivity contribution in [3.63, 3.8) is 0 Å². The number of likely N-dealkylation sites (tertiary alicyclic amines) is 1. The van der Waals surface area contributed by atoms with E-state index in [1.165, 1.54) is 18.5 Å². The predicted molar refractivity (Wildman–Crippen MR) is 154 cm³/mol. The molecule has 0 aliphatic carbocycles. The van der Waals surface area contributed by atoms with E-state index in [1.54, 1.807) is 24.4 Å². The summed E-state index contributed by atoms with van der Waals surface area (Å²) in [5, 5.41) is 3.98. The number of piperidine rings is 1. The molecule has 2 N–H and O–H groups in total. The minimum atomic E-state index is -0.473. The molecule has 0 bridgehead atoms. The molecule has 6 rings (SSSR count). The summed E-state index contributed by atoms with van der Waals surface area (Å²) in [6.07, 6.45) is 8.17. The molecule has 2 saturated heterocycles. The Balaban J connectivity index is 1.18. The monoisotopic (exact) mass is 557 g/mol. The molecule has 1 atom stereocenters. The van der Waals surface area contributed by atoms with Crippen molar-refractivity contribution >= 4 is 34.3 Å². The van der Waals surface area contributed by atoms with Gasteiger partial charge in [0.25, 0.3) is 0 Å². The molecule has 2 fully saturated rings. The van der Waals surface area contributed by atoms with Gasteiger partial charge in [-0.1, -0.05) is 6.58 Å². The molecule has 2 aliphatic rings. The van der Waals surface area contributed by atoms with E-state index in [2.05, 4.69) is 36.7 Å². The normalized spacial score (nSPS) is 18.0. The van der Waals surface area contributed by atoms with E-state index in [9.17, 15) is 4.79 Å². The van der Waals surface area contributed by atoms with Gasteiger partial charge in [-0.2, -0.15) is 0 Å². The number of rotatable bonds is 7. The smallest absolute Gasteiger partial charge is 0.245 e. The fraction of sp³-hybridized carbons (Fsp3) is 0.333. The first-order chi connectivity index (χ1) is 20.0. The van der Waals surface area contributed by atoms with Crippen LogP contribution in [0.3, 0.4) is 0 Å². The minimum absolute atomic E-state index is 0.0490. The van der Waals surface area contributed by atoms with Crippen LogP contribution in [0.25, 0.3) is 11.0 Å². The topological polar surface area (TPSA) is 108 Å². The molecular weight excluding hydrogens is 525 g/mol. The Morgan fingerprint density at radius 3 is 2.78 bits per heavy atom. The Kier molecular flexibility index (Phi) is 7.51. The molecule has 0 spiro atoms. The number of H-pyrrole nitrogens is 1. The van der Waals surface area contributed by atoms with Crippen molar-refractivity contribution in [3.8, 4) is 11.5 Å². The summed E-state index contributed by atoms with van der Waals surface area (Å²) in [5.41, 5.74) is 2.00. The quantitative estimate of drug-likeness (QED) is 0.301. The SMILES string of the molecule is C=CC(=O)N1CCC(c2c[nH]c3ncnc(Nc4ccc(Oc5ccnc(N6CCO[C@H](C)C6)c5)cc4F)c23)CC1. The summed E-state index contributed by atoms with van der Waals surface area (Å²) in [4.78, 5) is 32.4. The van der Waals surface area contributed by atoms with Gasteiger partial charge in [0.15, 0.2) is 0 Å². The van der Waals surface area contributed by atoms with Crippen molar-refractivity contribution < 1.29 is 18.7 Å². The molecule has 2 aliphatic heterocycles. The summed E-state index contributed by atoms with van der Waals surface area (Å²) >= 11 is 0. The minimum Gasteiger partial charge on any atom is -0.457 e. The second-order valence-electron chi connectivity index (χ2n) is 10.3. The third kappa shape index (κ3) is 5.71. The molecule has 4 aromatic rings. The fourth-order valence-corrected chi connectivity index (χ4v) is 5.53. The fourth-order valence-electron chi connectivity index (χ4n) is 5.53. The molecule has 0 unspecified atom stereocenters. The summed E-state index contributed by atoms with van der Waals surface area (Å²) in [5.74, 6) is 1.95. The Hall–Kier alpha value is -4.51. The van der Waals surface area contributed by atoms with Crippen LogP contribution in [0.4, 0.5) is 21.7 Å². The van der Waals surface area contributed by atoms with Crippen LogP contribution in [0.1, 0.15) is 31.2 Å². The van der Waals surface area contributed by atoms with Gasteiger partial charge in [0.1, 0.15) is 40.9 Å². The number of hydrogen-bond acceptors (Lipinski definition) is 8. The number of pyridine rings is 1. The summed E-state index contributed by atoms with van der Waals surface area (Å²) in [6.45, 7) is 9.07.